The molecule has 0 radical (unpaired) electrons. The first-order valence-corrected chi connectivity index (χ1v) is 10.8. The molecule has 1 N–H and O–H groups in total. The number of rotatable bonds is 6. The number of amides is 2. The van der Waals surface area contributed by atoms with Crippen molar-refractivity contribution in [3.63, 3.8) is 0 Å². The molecule has 34 heavy (non-hydrogen) atoms. The molecule has 0 atom stereocenters. The van der Waals surface area contributed by atoms with Crippen LogP contribution in [0.4, 0.5) is 14.9 Å². The number of benzene rings is 3. The van der Waals surface area contributed by atoms with Crippen molar-refractivity contribution in [1.29, 1.82) is 0 Å². The summed E-state index contributed by atoms with van der Waals surface area (Å²) >= 11 is 0. The number of carbonyl (C=O) groups excluding carboxylic acids is 2. The van der Waals surface area contributed by atoms with Crippen molar-refractivity contribution in [2.24, 2.45) is 0 Å². The van der Waals surface area contributed by atoms with Crippen molar-refractivity contribution < 1.29 is 28.2 Å². The number of hydrogen-bond donors (Lipinski definition) is 1. The lowest BCUT2D eigenvalue weighted by Gasteiger charge is -2.20. The van der Waals surface area contributed by atoms with E-state index in [4.69, 9.17) is 9.47 Å². The lowest BCUT2D eigenvalue weighted by atomic mass is 10.1. The molecule has 7 nitrogen and oxygen atoms in total. The van der Waals surface area contributed by atoms with Crippen LogP contribution in [0.15, 0.2) is 66.7 Å². The summed E-state index contributed by atoms with van der Waals surface area (Å²) in [6, 6.07) is 18.3. The molecule has 0 saturated carbocycles. The Balaban J connectivity index is 1.37. The molecular weight excluding hydrogens is 439 g/mol. The van der Waals surface area contributed by atoms with Gasteiger partial charge >= 0.3 is 12.0 Å². The molecule has 0 fully saturated rings. The summed E-state index contributed by atoms with van der Waals surface area (Å²) in [6.07, 6.45) is 0. The fourth-order valence-corrected chi connectivity index (χ4v) is 3.63. The number of fused-ring (bicyclic) bond motifs is 1. The SMILES string of the molecule is COC(=O)c1ccc(NC(=O)N2CCOc3ccc(COCc4cccc(F)c4)cc3C2)cc1. The lowest BCUT2D eigenvalue weighted by Crippen LogP contribution is -2.36. The first-order valence-electron chi connectivity index (χ1n) is 10.8. The van der Waals surface area contributed by atoms with Crippen molar-refractivity contribution >= 4 is 17.7 Å². The van der Waals surface area contributed by atoms with E-state index in [-0.39, 0.29) is 11.8 Å². The number of ether oxygens (including phenoxy) is 3. The van der Waals surface area contributed by atoms with E-state index >= 15 is 0 Å². The maximum absolute atomic E-state index is 13.3. The van der Waals surface area contributed by atoms with Crippen LogP contribution in [-0.2, 0) is 29.2 Å². The summed E-state index contributed by atoms with van der Waals surface area (Å²) in [5.74, 6) is 0.00235. The monoisotopic (exact) mass is 464 g/mol. The number of halogens is 1. The Morgan fingerprint density at radius 1 is 1.03 bits per heavy atom. The van der Waals surface area contributed by atoms with Gasteiger partial charge in [0, 0.05) is 11.3 Å². The zero-order valence-corrected chi connectivity index (χ0v) is 18.8. The van der Waals surface area contributed by atoms with Crippen LogP contribution in [0.5, 0.6) is 5.75 Å². The van der Waals surface area contributed by atoms with Gasteiger partial charge in [-0.1, -0.05) is 18.2 Å². The van der Waals surface area contributed by atoms with Gasteiger partial charge in [0.15, 0.2) is 0 Å². The summed E-state index contributed by atoms with van der Waals surface area (Å²) < 4.78 is 29.6. The topological polar surface area (TPSA) is 77.1 Å². The lowest BCUT2D eigenvalue weighted by molar-refractivity contribution is 0.0600. The van der Waals surface area contributed by atoms with Crippen LogP contribution in [0.1, 0.15) is 27.0 Å². The van der Waals surface area contributed by atoms with Crippen LogP contribution in [0, 0.1) is 5.82 Å². The summed E-state index contributed by atoms with van der Waals surface area (Å²) in [7, 11) is 1.32. The Morgan fingerprint density at radius 2 is 1.79 bits per heavy atom. The number of carbonyl (C=O) groups is 2. The van der Waals surface area contributed by atoms with E-state index in [1.807, 2.05) is 24.3 Å². The van der Waals surface area contributed by atoms with E-state index in [9.17, 15) is 14.0 Å². The number of methoxy groups -OCH3 is 1. The highest BCUT2D eigenvalue weighted by molar-refractivity contribution is 5.92. The molecule has 2 amide bonds. The molecule has 176 valence electrons. The molecule has 0 aliphatic carbocycles. The Bertz CT molecular complexity index is 1170. The van der Waals surface area contributed by atoms with Gasteiger partial charge in [-0.15, -0.1) is 0 Å². The minimum absolute atomic E-state index is 0.268. The number of anilines is 1. The van der Waals surface area contributed by atoms with E-state index in [0.29, 0.717) is 44.2 Å². The van der Waals surface area contributed by atoms with Crippen LogP contribution in [-0.4, -0.2) is 37.2 Å². The van der Waals surface area contributed by atoms with E-state index in [1.54, 1.807) is 35.2 Å². The standard InChI is InChI=1S/C26H25FN2O5/c1-32-25(30)20-6-8-23(9-7-20)28-26(31)29-11-12-34-24-10-5-19(13-21(24)15-29)17-33-16-18-3-2-4-22(27)14-18/h2-10,13-14H,11-12,15-17H2,1H3,(H,28,31). The number of nitrogens with zero attached hydrogens (tertiary/aromatic N) is 1. The van der Waals surface area contributed by atoms with Gasteiger partial charge in [-0.25, -0.2) is 14.0 Å². The maximum Gasteiger partial charge on any atom is 0.337 e. The second-order valence-corrected chi connectivity index (χ2v) is 7.83. The van der Waals surface area contributed by atoms with Crippen LogP contribution in [0.2, 0.25) is 0 Å². The minimum atomic E-state index is -0.435. The van der Waals surface area contributed by atoms with E-state index < -0.39 is 5.97 Å². The summed E-state index contributed by atoms with van der Waals surface area (Å²) in [4.78, 5) is 26.1. The van der Waals surface area contributed by atoms with E-state index in [0.717, 1.165) is 22.4 Å². The Morgan fingerprint density at radius 3 is 2.53 bits per heavy atom. The molecule has 0 saturated heterocycles. The summed E-state index contributed by atoms with van der Waals surface area (Å²) in [5, 5.41) is 2.85. The zero-order valence-electron chi connectivity index (χ0n) is 18.8. The molecule has 1 aliphatic rings. The number of esters is 1. The Hall–Kier alpha value is -3.91. The molecule has 3 aromatic rings. The molecular formula is C26H25FN2O5. The molecule has 0 unspecified atom stereocenters. The smallest absolute Gasteiger partial charge is 0.337 e. The van der Waals surface area contributed by atoms with Crippen LogP contribution in [0.3, 0.4) is 0 Å². The van der Waals surface area contributed by atoms with Crippen molar-refractivity contribution in [2.45, 2.75) is 19.8 Å². The summed E-state index contributed by atoms with van der Waals surface area (Å²) in [6.45, 7) is 1.82. The highest BCUT2D eigenvalue weighted by Crippen LogP contribution is 2.25. The second-order valence-electron chi connectivity index (χ2n) is 7.83. The average molecular weight is 464 g/mol. The third kappa shape index (κ3) is 5.90. The number of nitrogens with one attached hydrogen (secondary N) is 1. The molecule has 1 aliphatic heterocycles. The first kappa shape index (κ1) is 23.3. The summed E-state index contributed by atoms with van der Waals surface area (Å²) in [5.41, 5.74) is 3.55. The molecule has 1 heterocycles. The normalized spacial score (nSPS) is 12.8. The van der Waals surface area contributed by atoms with Gasteiger partial charge in [0.1, 0.15) is 18.2 Å². The van der Waals surface area contributed by atoms with E-state index in [1.165, 1.54) is 19.2 Å². The Labute approximate surface area is 197 Å². The predicted octanol–water partition coefficient (Wildman–Crippen LogP) is 4.76. The van der Waals surface area contributed by atoms with Crippen LogP contribution < -0.4 is 10.1 Å². The van der Waals surface area contributed by atoms with Gasteiger partial charge < -0.3 is 24.4 Å². The fraction of sp³-hybridized carbons (Fsp3) is 0.231. The van der Waals surface area contributed by atoms with E-state index in [2.05, 4.69) is 10.1 Å². The Kier molecular flexibility index (Phi) is 7.39. The number of hydrogen-bond acceptors (Lipinski definition) is 5. The minimum Gasteiger partial charge on any atom is -0.491 e. The van der Waals surface area contributed by atoms with Gasteiger partial charge in [-0.3, -0.25) is 0 Å². The van der Waals surface area contributed by atoms with Gasteiger partial charge in [-0.2, -0.15) is 0 Å². The van der Waals surface area contributed by atoms with Gasteiger partial charge in [0.2, 0.25) is 0 Å². The first-order chi connectivity index (χ1) is 16.5. The second kappa shape index (κ2) is 10.8. The van der Waals surface area contributed by atoms with Gasteiger partial charge in [0.25, 0.3) is 0 Å². The average Bonchev–Trinajstić information content (AvgIpc) is 3.06. The van der Waals surface area contributed by atoms with Crippen LogP contribution in [0.25, 0.3) is 0 Å². The highest BCUT2D eigenvalue weighted by atomic mass is 19.1. The molecule has 0 spiro atoms. The van der Waals surface area contributed by atoms with Crippen LogP contribution >= 0.6 is 0 Å². The highest BCUT2D eigenvalue weighted by Gasteiger charge is 2.20. The van der Waals surface area contributed by atoms with Gasteiger partial charge in [-0.05, 0) is 59.7 Å². The number of urea groups is 1. The van der Waals surface area contributed by atoms with Crippen molar-refractivity contribution in [3.05, 3.63) is 94.8 Å². The van der Waals surface area contributed by atoms with Crippen molar-refractivity contribution in [3.8, 4) is 5.75 Å². The molecule has 4 rings (SSSR count). The molecule has 0 aromatic heterocycles. The maximum atomic E-state index is 13.3. The fourth-order valence-electron chi connectivity index (χ4n) is 3.63. The largest absolute Gasteiger partial charge is 0.491 e. The molecule has 0 bridgehead atoms. The molecule has 3 aromatic carbocycles. The van der Waals surface area contributed by atoms with Crippen molar-refractivity contribution in [2.75, 3.05) is 25.6 Å². The third-order valence-corrected chi connectivity index (χ3v) is 5.38. The van der Waals surface area contributed by atoms with Crippen molar-refractivity contribution in [1.82, 2.24) is 4.90 Å². The quantitative estimate of drug-likeness (QED) is 0.533. The third-order valence-electron chi connectivity index (χ3n) is 5.38. The predicted molar refractivity (Wildman–Crippen MR) is 124 cm³/mol. The zero-order chi connectivity index (χ0) is 23.9. The van der Waals surface area contributed by atoms with Gasteiger partial charge in [0.05, 0.1) is 39.0 Å². The molecule has 8 heteroatoms.